The van der Waals surface area contributed by atoms with E-state index in [0.29, 0.717) is 0 Å². The molecule has 202 valence electrons. The van der Waals surface area contributed by atoms with Gasteiger partial charge in [-0.2, -0.15) is 0 Å². The van der Waals surface area contributed by atoms with Gasteiger partial charge in [0.15, 0.2) is 0 Å². The Morgan fingerprint density at radius 1 is 0.535 bits per heavy atom. The molecule has 0 amide bonds. The van der Waals surface area contributed by atoms with Crippen molar-refractivity contribution in [2.75, 3.05) is 0 Å². The van der Waals surface area contributed by atoms with Crippen molar-refractivity contribution in [3.63, 3.8) is 0 Å². The van der Waals surface area contributed by atoms with Crippen molar-refractivity contribution in [1.29, 1.82) is 0 Å². The fourth-order valence-corrected chi connectivity index (χ4v) is 6.54. The first-order valence-corrected chi connectivity index (χ1v) is 14.4. The molecule has 0 fully saturated rings. The van der Waals surface area contributed by atoms with Crippen LogP contribution in [0.2, 0.25) is 0 Å². The standard InChI is InChI=1S/C41H26O2/c1-3-4-16-29-26(2)38(27-14-6-5-7-15-27)31-18-8-9-19-32(31)40(29)41-39(33-20-11-13-22-36(33)43-41)28-23-24-37-34(25-28)30-17-10-12-21-35(30)42-37/h1,4-25H,2H3/b16-4-. The maximum atomic E-state index is 6.84. The van der Waals surface area contributed by atoms with Gasteiger partial charge in [0.1, 0.15) is 22.5 Å². The Kier molecular flexibility index (Phi) is 5.77. The SMILES string of the molecule is C#C/C=C\c1c(C)c(-c2ccccc2)c2ccccc2c1-c1oc2ccccc2c1-c1ccc2oc3ccccc3c2c1. The van der Waals surface area contributed by atoms with Crippen LogP contribution in [0.25, 0.3) is 83.3 Å². The summed E-state index contributed by atoms with van der Waals surface area (Å²) < 4.78 is 13.0. The van der Waals surface area contributed by atoms with Crippen LogP contribution in [0.3, 0.4) is 0 Å². The van der Waals surface area contributed by atoms with Crippen molar-refractivity contribution >= 4 is 49.8 Å². The Labute approximate surface area is 249 Å². The first-order chi connectivity index (χ1) is 21.2. The van der Waals surface area contributed by atoms with Gasteiger partial charge in [-0.15, -0.1) is 6.42 Å². The van der Waals surface area contributed by atoms with E-state index in [9.17, 15) is 0 Å². The number of hydrogen-bond donors (Lipinski definition) is 0. The summed E-state index contributed by atoms with van der Waals surface area (Å²) in [7, 11) is 0. The summed E-state index contributed by atoms with van der Waals surface area (Å²) in [6.07, 6.45) is 9.61. The molecule has 0 N–H and O–H groups in total. The molecule has 2 aromatic heterocycles. The second kappa shape index (κ2) is 9.94. The van der Waals surface area contributed by atoms with E-state index in [1.807, 2.05) is 30.3 Å². The van der Waals surface area contributed by atoms with E-state index in [2.05, 4.69) is 110 Å². The Bertz CT molecular complexity index is 2410. The Morgan fingerprint density at radius 3 is 1.88 bits per heavy atom. The van der Waals surface area contributed by atoms with Crippen molar-refractivity contribution in [3.05, 3.63) is 139 Å². The predicted molar refractivity (Wildman–Crippen MR) is 180 cm³/mol. The summed E-state index contributed by atoms with van der Waals surface area (Å²) in [5.74, 6) is 3.54. The highest BCUT2D eigenvalue weighted by molar-refractivity contribution is 6.14. The number of fused-ring (bicyclic) bond motifs is 5. The van der Waals surface area contributed by atoms with Crippen LogP contribution >= 0.6 is 0 Å². The lowest BCUT2D eigenvalue weighted by Gasteiger charge is -2.19. The van der Waals surface area contributed by atoms with Gasteiger partial charge in [-0.3, -0.25) is 0 Å². The minimum absolute atomic E-state index is 0.823. The van der Waals surface area contributed by atoms with Crippen LogP contribution < -0.4 is 0 Å². The van der Waals surface area contributed by atoms with Crippen molar-refractivity contribution in [3.8, 4) is 45.9 Å². The molecule has 0 bridgehead atoms. The molecular weight excluding hydrogens is 524 g/mol. The van der Waals surface area contributed by atoms with Crippen molar-refractivity contribution in [2.45, 2.75) is 6.92 Å². The molecule has 2 heterocycles. The summed E-state index contributed by atoms with van der Waals surface area (Å²) in [6, 6.07) is 42.0. The first kappa shape index (κ1) is 25.0. The number of benzene rings is 6. The number of terminal acetylenes is 1. The van der Waals surface area contributed by atoms with Gasteiger partial charge in [0.25, 0.3) is 0 Å². The van der Waals surface area contributed by atoms with Crippen LogP contribution in [0.15, 0.2) is 136 Å². The lowest BCUT2D eigenvalue weighted by atomic mass is 9.84. The number of rotatable bonds is 4. The molecule has 0 radical (unpaired) electrons. The summed E-state index contributed by atoms with van der Waals surface area (Å²) in [5.41, 5.74) is 10.3. The first-order valence-electron chi connectivity index (χ1n) is 14.4. The monoisotopic (exact) mass is 550 g/mol. The third-order valence-electron chi connectivity index (χ3n) is 8.41. The normalized spacial score (nSPS) is 11.7. The molecule has 0 aliphatic heterocycles. The zero-order chi connectivity index (χ0) is 28.9. The van der Waals surface area contributed by atoms with Gasteiger partial charge in [-0.1, -0.05) is 103 Å². The van der Waals surface area contributed by atoms with E-state index < -0.39 is 0 Å². The van der Waals surface area contributed by atoms with E-state index in [4.69, 9.17) is 15.3 Å². The molecule has 0 saturated carbocycles. The lowest BCUT2D eigenvalue weighted by Crippen LogP contribution is -1.96. The van der Waals surface area contributed by atoms with Crippen LogP contribution in [0.5, 0.6) is 0 Å². The lowest BCUT2D eigenvalue weighted by molar-refractivity contribution is 0.633. The zero-order valence-electron chi connectivity index (χ0n) is 23.6. The summed E-state index contributed by atoms with van der Waals surface area (Å²) >= 11 is 0. The molecule has 0 saturated heterocycles. The second-order valence-electron chi connectivity index (χ2n) is 10.8. The third kappa shape index (κ3) is 3.90. The summed E-state index contributed by atoms with van der Waals surface area (Å²) in [6.45, 7) is 2.18. The van der Waals surface area contributed by atoms with Crippen LogP contribution in [0.1, 0.15) is 11.1 Å². The van der Waals surface area contributed by atoms with Gasteiger partial charge in [0.05, 0.1) is 0 Å². The largest absolute Gasteiger partial charge is 0.456 e. The molecule has 0 aliphatic carbocycles. The summed E-state index contributed by atoms with van der Waals surface area (Å²) in [4.78, 5) is 0. The molecule has 0 spiro atoms. The average Bonchev–Trinajstić information content (AvgIpc) is 3.62. The van der Waals surface area contributed by atoms with Gasteiger partial charge in [0.2, 0.25) is 0 Å². The highest BCUT2D eigenvalue weighted by atomic mass is 16.3. The molecule has 8 aromatic rings. The minimum Gasteiger partial charge on any atom is -0.456 e. The molecule has 0 aliphatic rings. The third-order valence-corrected chi connectivity index (χ3v) is 8.41. The van der Waals surface area contributed by atoms with Gasteiger partial charge in [-0.05, 0) is 81.9 Å². The highest BCUT2D eigenvalue weighted by Gasteiger charge is 2.25. The van der Waals surface area contributed by atoms with Gasteiger partial charge >= 0.3 is 0 Å². The van der Waals surface area contributed by atoms with E-state index >= 15 is 0 Å². The number of hydrogen-bond acceptors (Lipinski definition) is 2. The van der Waals surface area contributed by atoms with Crippen LogP contribution in [0, 0.1) is 19.3 Å². The number of para-hydroxylation sites is 2. The molecule has 6 aromatic carbocycles. The molecular formula is C41H26O2. The van der Waals surface area contributed by atoms with E-state index in [-0.39, 0.29) is 0 Å². The van der Waals surface area contributed by atoms with Crippen molar-refractivity contribution in [1.82, 2.24) is 0 Å². The van der Waals surface area contributed by atoms with Crippen molar-refractivity contribution in [2.24, 2.45) is 0 Å². The maximum absolute atomic E-state index is 6.84. The number of allylic oxidation sites excluding steroid dienone is 1. The molecule has 0 unspecified atom stereocenters. The maximum Gasteiger partial charge on any atom is 0.144 e. The molecule has 43 heavy (non-hydrogen) atoms. The Hall–Kier alpha value is -5.78. The smallest absolute Gasteiger partial charge is 0.144 e. The van der Waals surface area contributed by atoms with Crippen LogP contribution in [0.4, 0.5) is 0 Å². The van der Waals surface area contributed by atoms with Crippen molar-refractivity contribution < 1.29 is 8.83 Å². The van der Waals surface area contributed by atoms with Crippen LogP contribution in [-0.4, -0.2) is 0 Å². The fourth-order valence-electron chi connectivity index (χ4n) is 6.54. The van der Waals surface area contributed by atoms with Gasteiger partial charge in [0, 0.05) is 27.3 Å². The average molecular weight is 551 g/mol. The fraction of sp³-hybridized carbons (Fsp3) is 0.0244. The second-order valence-corrected chi connectivity index (χ2v) is 10.8. The predicted octanol–water partition coefficient (Wildman–Crippen LogP) is 11.4. The van der Waals surface area contributed by atoms with E-state index in [0.717, 1.165) is 71.9 Å². The van der Waals surface area contributed by atoms with Gasteiger partial charge in [-0.25, -0.2) is 0 Å². The van der Waals surface area contributed by atoms with Gasteiger partial charge < -0.3 is 8.83 Å². The zero-order valence-corrected chi connectivity index (χ0v) is 23.6. The number of furan rings is 2. The summed E-state index contributed by atoms with van der Waals surface area (Å²) in [5, 5.41) is 5.52. The topological polar surface area (TPSA) is 26.3 Å². The minimum atomic E-state index is 0.823. The van der Waals surface area contributed by atoms with E-state index in [1.165, 1.54) is 16.5 Å². The quantitative estimate of drug-likeness (QED) is 0.204. The Morgan fingerprint density at radius 2 is 1.14 bits per heavy atom. The van der Waals surface area contributed by atoms with Crippen LogP contribution in [-0.2, 0) is 0 Å². The Balaban J connectivity index is 1.51. The molecule has 2 heteroatoms. The molecule has 2 nitrogen and oxygen atoms in total. The molecule has 8 rings (SSSR count). The van der Waals surface area contributed by atoms with E-state index in [1.54, 1.807) is 6.08 Å². The highest BCUT2D eigenvalue weighted by Crippen LogP contribution is 2.48. The molecule has 0 atom stereocenters.